The van der Waals surface area contributed by atoms with E-state index in [0.29, 0.717) is 39.6 Å². The zero-order chi connectivity index (χ0) is 32.6. The zero-order valence-electron chi connectivity index (χ0n) is 25.1. The van der Waals surface area contributed by atoms with Crippen LogP contribution in [-0.4, -0.2) is 36.6 Å². The fourth-order valence-electron chi connectivity index (χ4n) is 4.88. The molecule has 0 saturated carbocycles. The van der Waals surface area contributed by atoms with E-state index in [4.69, 9.17) is 24.5 Å². The molecule has 13 heteroatoms. The Bertz CT molecular complexity index is 1540. The van der Waals surface area contributed by atoms with Crippen molar-refractivity contribution >= 4 is 53.9 Å². The minimum atomic E-state index is -0.500. The van der Waals surface area contributed by atoms with Gasteiger partial charge in [-0.2, -0.15) is 0 Å². The van der Waals surface area contributed by atoms with Gasteiger partial charge in [-0.3, -0.25) is 0 Å². The zero-order valence-corrected chi connectivity index (χ0v) is 29.9. The SMILES string of the molecule is C.C.CC(C)(C)OC(=O)NC1COCc2ccc(Br)cc21.OC1COCc2ccc(Br)cc21.[N-]=[N+]=NC1COCc2ccc(Br)cc21. The summed E-state index contributed by atoms with van der Waals surface area (Å²) in [5, 5.41) is 16.1. The molecular weight excluding hydrogens is 800 g/mol. The third-order valence-corrected chi connectivity index (χ3v) is 8.39. The number of carbonyl (C=O) groups excluding carboxylic acids is 1. The number of hydrogen-bond acceptors (Lipinski definition) is 7. The van der Waals surface area contributed by atoms with Crippen molar-refractivity contribution in [3.05, 3.63) is 112 Å². The highest BCUT2D eigenvalue weighted by molar-refractivity contribution is 9.11. The lowest BCUT2D eigenvalue weighted by atomic mass is 9.99. The first-order valence-electron chi connectivity index (χ1n) is 14.2. The smallest absolute Gasteiger partial charge is 0.408 e. The van der Waals surface area contributed by atoms with Crippen molar-refractivity contribution in [3.8, 4) is 0 Å². The summed E-state index contributed by atoms with van der Waals surface area (Å²) >= 11 is 10.2. The number of aliphatic hydroxyl groups is 1. The van der Waals surface area contributed by atoms with E-state index in [0.717, 1.165) is 46.8 Å². The Morgan fingerprint density at radius 3 is 1.85 bits per heavy atom. The fourth-order valence-corrected chi connectivity index (χ4v) is 6.02. The number of fused-ring (bicyclic) bond motifs is 3. The number of alkyl carbamates (subject to hydrolysis) is 1. The maximum Gasteiger partial charge on any atom is 0.408 e. The molecule has 6 rings (SSSR count). The number of nitrogens with zero attached hydrogens (tertiary/aromatic N) is 3. The number of carbonyl (C=O) groups is 1. The Hall–Kier alpha value is -2.48. The molecule has 0 radical (unpaired) electrons. The highest BCUT2D eigenvalue weighted by atomic mass is 79.9. The van der Waals surface area contributed by atoms with Crippen LogP contribution in [0.5, 0.6) is 0 Å². The van der Waals surface area contributed by atoms with Crippen molar-refractivity contribution in [2.75, 3.05) is 19.8 Å². The van der Waals surface area contributed by atoms with Gasteiger partial charge >= 0.3 is 6.09 Å². The largest absolute Gasteiger partial charge is 0.444 e. The predicted octanol–water partition coefficient (Wildman–Crippen LogP) is 10.2. The maximum absolute atomic E-state index is 11.8. The maximum atomic E-state index is 11.8. The number of rotatable bonds is 2. The van der Waals surface area contributed by atoms with Gasteiger partial charge in [-0.25, -0.2) is 4.79 Å². The molecule has 1 amide bonds. The van der Waals surface area contributed by atoms with Gasteiger partial charge in [0.05, 0.1) is 51.7 Å². The topological polar surface area (TPSA) is 135 Å². The van der Waals surface area contributed by atoms with Gasteiger partial charge < -0.3 is 29.4 Å². The van der Waals surface area contributed by atoms with Crippen LogP contribution in [-0.2, 0) is 38.8 Å². The van der Waals surface area contributed by atoms with Crippen molar-refractivity contribution in [2.24, 2.45) is 5.11 Å². The second kappa shape index (κ2) is 18.9. The first kappa shape index (κ1) is 40.7. The van der Waals surface area contributed by atoms with Gasteiger partial charge in [0, 0.05) is 18.3 Å². The lowest BCUT2D eigenvalue weighted by molar-refractivity contribution is 0.00976. The molecule has 256 valence electrons. The van der Waals surface area contributed by atoms with Crippen LogP contribution in [0, 0.1) is 0 Å². The highest BCUT2D eigenvalue weighted by Crippen LogP contribution is 2.31. The Kier molecular flexibility index (Phi) is 16.4. The molecule has 3 atom stereocenters. The molecule has 3 aliphatic heterocycles. The molecule has 10 nitrogen and oxygen atoms in total. The van der Waals surface area contributed by atoms with E-state index in [-0.39, 0.29) is 26.9 Å². The van der Waals surface area contributed by atoms with Crippen LogP contribution in [0.15, 0.2) is 73.1 Å². The van der Waals surface area contributed by atoms with Crippen LogP contribution >= 0.6 is 47.8 Å². The number of aliphatic hydroxyl groups excluding tert-OH is 1. The first-order valence-corrected chi connectivity index (χ1v) is 16.6. The lowest BCUT2D eigenvalue weighted by Gasteiger charge is -2.28. The molecule has 0 aromatic heterocycles. The quantitative estimate of drug-likeness (QED) is 0.150. The van der Waals surface area contributed by atoms with Crippen molar-refractivity contribution in [2.45, 2.75) is 79.2 Å². The number of hydrogen-bond donors (Lipinski definition) is 2. The lowest BCUT2D eigenvalue weighted by Crippen LogP contribution is -2.38. The van der Waals surface area contributed by atoms with Crippen molar-refractivity contribution in [1.82, 2.24) is 5.32 Å². The molecular formula is C34H43Br3N4O6. The van der Waals surface area contributed by atoms with E-state index in [1.54, 1.807) is 0 Å². The highest BCUT2D eigenvalue weighted by Gasteiger charge is 2.25. The van der Waals surface area contributed by atoms with Crippen molar-refractivity contribution in [3.63, 3.8) is 0 Å². The van der Waals surface area contributed by atoms with Crippen LogP contribution in [0.1, 0.15) is 87.2 Å². The number of amides is 1. The average molecular weight is 843 g/mol. The van der Waals surface area contributed by atoms with Gasteiger partial charge in [-0.1, -0.05) is 86.0 Å². The normalized spacial score (nSPS) is 19.0. The van der Waals surface area contributed by atoms with Crippen LogP contribution in [0.2, 0.25) is 0 Å². The molecule has 0 aliphatic carbocycles. The Balaban J connectivity index is 0.000000246. The van der Waals surface area contributed by atoms with Gasteiger partial charge in [0.25, 0.3) is 0 Å². The summed E-state index contributed by atoms with van der Waals surface area (Å²) in [5.41, 5.74) is 14.3. The molecule has 3 unspecified atom stereocenters. The van der Waals surface area contributed by atoms with E-state index in [1.165, 1.54) is 0 Å². The second-order valence-electron chi connectivity index (χ2n) is 11.5. The summed E-state index contributed by atoms with van der Waals surface area (Å²) in [5.74, 6) is 0. The summed E-state index contributed by atoms with van der Waals surface area (Å²) in [4.78, 5) is 14.6. The molecule has 3 heterocycles. The Labute approximate surface area is 302 Å². The Morgan fingerprint density at radius 1 is 0.830 bits per heavy atom. The predicted molar refractivity (Wildman–Crippen MR) is 194 cm³/mol. The molecule has 3 aromatic carbocycles. The van der Waals surface area contributed by atoms with E-state index < -0.39 is 17.8 Å². The van der Waals surface area contributed by atoms with Crippen LogP contribution in [0.3, 0.4) is 0 Å². The summed E-state index contributed by atoms with van der Waals surface area (Å²) < 4.78 is 24.3. The molecule has 47 heavy (non-hydrogen) atoms. The van der Waals surface area contributed by atoms with Gasteiger partial charge in [0.15, 0.2) is 0 Å². The molecule has 0 saturated heterocycles. The third kappa shape index (κ3) is 12.2. The van der Waals surface area contributed by atoms with Gasteiger partial charge in [0.1, 0.15) is 11.7 Å². The van der Waals surface area contributed by atoms with E-state index in [9.17, 15) is 9.90 Å². The van der Waals surface area contributed by atoms with Gasteiger partial charge in [-0.15, -0.1) is 0 Å². The van der Waals surface area contributed by atoms with Crippen LogP contribution in [0.4, 0.5) is 4.79 Å². The van der Waals surface area contributed by atoms with Crippen LogP contribution in [0.25, 0.3) is 10.4 Å². The van der Waals surface area contributed by atoms with Gasteiger partial charge in [-0.05, 0) is 96.1 Å². The molecule has 0 spiro atoms. The van der Waals surface area contributed by atoms with Gasteiger partial charge in [0.2, 0.25) is 0 Å². The minimum Gasteiger partial charge on any atom is -0.444 e. The number of azide groups is 1. The van der Waals surface area contributed by atoms with Crippen LogP contribution < -0.4 is 5.32 Å². The van der Waals surface area contributed by atoms with E-state index in [2.05, 4.69) is 63.1 Å². The molecule has 3 aromatic rings. The summed E-state index contributed by atoms with van der Waals surface area (Å²) in [6.07, 6.45) is -0.889. The number of benzene rings is 3. The minimum absolute atomic E-state index is 0. The summed E-state index contributed by atoms with van der Waals surface area (Å²) in [7, 11) is 0. The molecule has 0 fully saturated rings. The second-order valence-corrected chi connectivity index (χ2v) is 14.3. The molecule has 0 bridgehead atoms. The van der Waals surface area contributed by atoms with E-state index in [1.807, 2.05) is 75.4 Å². The fraction of sp³-hybridized carbons (Fsp3) is 0.441. The van der Waals surface area contributed by atoms with Crippen molar-refractivity contribution < 1.29 is 28.8 Å². The summed E-state index contributed by atoms with van der Waals surface area (Å²) in [6.45, 7) is 8.64. The van der Waals surface area contributed by atoms with Crippen molar-refractivity contribution in [1.29, 1.82) is 0 Å². The third-order valence-electron chi connectivity index (χ3n) is 6.91. The Morgan fingerprint density at radius 2 is 1.30 bits per heavy atom. The number of halogens is 3. The first-order chi connectivity index (χ1) is 21.4. The van der Waals surface area contributed by atoms with E-state index >= 15 is 0 Å². The number of ether oxygens (including phenoxy) is 4. The molecule has 2 N–H and O–H groups in total. The molecule has 3 aliphatic rings. The summed E-state index contributed by atoms with van der Waals surface area (Å²) in [6, 6.07) is 17.4. The average Bonchev–Trinajstić information content (AvgIpc) is 2.98. The number of nitrogens with one attached hydrogen (secondary N) is 1. The standard InChI is InChI=1S/C14H18BrNO3.C9H8BrN3O.C9H9BrO2.2CH4/c1-14(2,3)19-13(17)16-12-8-18-7-9-4-5-10(15)6-11(9)12;10-7-2-1-6-4-14-5-9(12-13-11)8(6)3-7;10-7-2-1-6-4-12-5-9(11)8(6)3-7;;/h4-6,12H,7-8H2,1-3H3,(H,16,17);1-3,9H,4-5H2;1-3,9,11H,4-5H2;2*1H4. The monoisotopic (exact) mass is 840 g/mol.